The van der Waals surface area contributed by atoms with Crippen molar-refractivity contribution in [3.8, 4) is 22.3 Å². The van der Waals surface area contributed by atoms with Crippen molar-refractivity contribution in [2.75, 3.05) is 0 Å². The minimum atomic E-state index is 1.18. The van der Waals surface area contributed by atoms with Crippen molar-refractivity contribution in [1.82, 2.24) is 0 Å². The first-order valence-corrected chi connectivity index (χ1v) is 18.7. The van der Waals surface area contributed by atoms with Gasteiger partial charge in [-0.15, -0.1) is 0 Å². The first kappa shape index (κ1) is 31.7. The third-order valence-electron chi connectivity index (χ3n) is 10.8. The van der Waals surface area contributed by atoms with E-state index in [0.29, 0.717) is 0 Å². The van der Waals surface area contributed by atoms with Crippen LogP contribution in [0.4, 0.5) is 0 Å². The summed E-state index contributed by atoms with van der Waals surface area (Å²) < 4.78 is 0. The third kappa shape index (κ3) is 5.57. The predicted molar refractivity (Wildman–Crippen MR) is 232 cm³/mol. The Labute approximate surface area is 315 Å². The Kier molecular flexibility index (Phi) is 7.93. The molecule has 0 aliphatic carbocycles. The summed E-state index contributed by atoms with van der Waals surface area (Å²) in [5, 5.41) is 10.1. The van der Waals surface area contributed by atoms with Gasteiger partial charge < -0.3 is 0 Å². The maximum Gasteiger partial charge on any atom is -0.00268 e. The number of fused-ring (bicyclic) bond motifs is 4. The van der Waals surface area contributed by atoms with E-state index in [9.17, 15) is 0 Å². The van der Waals surface area contributed by atoms with E-state index < -0.39 is 0 Å². The second-order valence-corrected chi connectivity index (χ2v) is 14.0. The van der Waals surface area contributed by atoms with Gasteiger partial charge in [-0.05, 0) is 111 Å². The van der Waals surface area contributed by atoms with Crippen molar-refractivity contribution >= 4 is 54.2 Å². The van der Waals surface area contributed by atoms with Crippen LogP contribution in [0, 0.1) is 0 Å². The summed E-state index contributed by atoms with van der Waals surface area (Å²) in [6.45, 7) is 0. The van der Waals surface area contributed by atoms with E-state index >= 15 is 0 Å². The quantitative estimate of drug-likeness (QED) is 0.121. The second kappa shape index (κ2) is 13.5. The maximum atomic E-state index is 2.31. The molecular formula is C54H36. The summed E-state index contributed by atoms with van der Waals surface area (Å²) in [6.07, 6.45) is 0. The van der Waals surface area contributed by atoms with Gasteiger partial charge in [0.25, 0.3) is 0 Å². The van der Waals surface area contributed by atoms with Crippen LogP contribution in [0.1, 0.15) is 22.3 Å². The highest BCUT2D eigenvalue weighted by Gasteiger charge is 2.18. The molecule has 0 radical (unpaired) electrons. The molecule has 0 N–H and O–H groups in total. The Morgan fingerprint density at radius 1 is 0.222 bits per heavy atom. The van der Waals surface area contributed by atoms with Crippen LogP contribution in [0.15, 0.2) is 218 Å². The molecule has 252 valence electrons. The fraction of sp³-hybridized carbons (Fsp3) is 0. The fourth-order valence-electron chi connectivity index (χ4n) is 8.38. The molecule has 0 saturated heterocycles. The van der Waals surface area contributed by atoms with Crippen molar-refractivity contribution in [3.05, 3.63) is 241 Å². The largest absolute Gasteiger partial charge is 0.0622 e. The van der Waals surface area contributed by atoms with E-state index in [1.165, 1.54) is 98.7 Å². The van der Waals surface area contributed by atoms with Crippen LogP contribution >= 0.6 is 0 Å². The van der Waals surface area contributed by atoms with E-state index in [0.717, 1.165) is 0 Å². The van der Waals surface area contributed by atoms with Crippen molar-refractivity contribution in [1.29, 1.82) is 0 Å². The van der Waals surface area contributed by atoms with E-state index in [4.69, 9.17) is 0 Å². The molecule has 0 aliphatic rings. The molecule has 0 aliphatic heterocycles. The summed E-state index contributed by atoms with van der Waals surface area (Å²) in [5.74, 6) is 0. The van der Waals surface area contributed by atoms with Crippen LogP contribution in [0.2, 0.25) is 0 Å². The highest BCUT2D eigenvalue weighted by Crippen LogP contribution is 2.42. The van der Waals surface area contributed by atoms with Crippen LogP contribution in [0.25, 0.3) is 76.5 Å². The lowest BCUT2D eigenvalue weighted by Gasteiger charge is -2.19. The molecule has 54 heavy (non-hydrogen) atoms. The molecule has 0 unspecified atom stereocenters. The van der Waals surface area contributed by atoms with Gasteiger partial charge in [-0.25, -0.2) is 0 Å². The molecule has 0 saturated carbocycles. The van der Waals surface area contributed by atoms with Gasteiger partial charge in [0.15, 0.2) is 0 Å². The summed E-state index contributed by atoms with van der Waals surface area (Å²) in [6, 6.07) is 79.8. The monoisotopic (exact) mass is 684 g/mol. The molecule has 10 rings (SSSR count). The normalized spacial score (nSPS) is 12.0. The zero-order valence-electron chi connectivity index (χ0n) is 29.8. The average Bonchev–Trinajstić information content (AvgIpc) is 3.24. The van der Waals surface area contributed by atoms with Crippen molar-refractivity contribution in [2.45, 2.75) is 0 Å². The van der Waals surface area contributed by atoms with E-state index in [1.54, 1.807) is 0 Å². The molecule has 0 bridgehead atoms. The molecule has 0 heterocycles. The lowest BCUT2D eigenvalue weighted by atomic mass is 9.84. The zero-order chi connectivity index (χ0) is 35.8. The molecular weight excluding hydrogens is 649 g/mol. The summed E-state index contributed by atoms with van der Waals surface area (Å²) in [5.41, 5.74) is 12.1. The zero-order valence-corrected chi connectivity index (χ0v) is 29.8. The standard InChI is InChI=1S/C54H36/c1-3-15-37(16-4-1)51(39-27-31-41(32-28-39)53-47-23-11-7-19-43(47)35-44-20-8-12-24-48(44)53)52(38-17-5-2-6-18-38)40-29-33-42(34-30-40)54-49-25-13-9-21-45(49)36-46-22-10-14-26-50(46)54/h1-36H/b52-51-. The number of hydrogen-bond acceptors (Lipinski definition) is 0. The SMILES string of the molecule is c1ccc(/C(=C(\c2ccccc2)c2ccc(-c3c4ccccc4cc4ccccc34)cc2)c2ccc(-c3c4ccccc4cc4ccccc34)cc2)cc1. The van der Waals surface area contributed by atoms with E-state index in [-0.39, 0.29) is 0 Å². The predicted octanol–water partition coefficient (Wildman–Crippen LogP) is 14.6. The fourth-order valence-corrected chi connectivity index (χ4v) is 8.38. The minimum absolute atomic E-state index is 1.18. The Balaban J connectivity index is 1.18. The highest BCUT2D eigenvalue weighted by molar-refractivity contribution is 6.14. The molecule has 0 amide bonds. The number of benzene rings is 10. The van der Waals surface area contributed by atoms with Gasteiger partial charge in [-0.1, -0.05) is 206 Å². The Bertz CT molecular complexity index is 2670. The molecule has 10 aromatic rings. The van der Waals surface area contributed by atoms with Crippen molar-refractivity contribution in [3.63, 3.8) is 0 Å². The van der Waals surface area contributed by atoms with Crippen LogP contribution in [0.5, 0.6) is 0 Å². The van der Waals surface area contributed by atoms with Gasteiger partial charge in [-0.3, -0.25) is 0 Å². The average molecular weight is 685 g/mol. The lowest BCUT2D eigenvalue weighted by Crippen LogP contribution is -1.98. The van der Waals surface area contributed by atoms with Gasteiger partial charge in [0.2, 0.25) is 0 Å². The minimum Gasteiger partial charge on any atom is -0.0622 e. The smallest absolute Gasteiger partial charge is 0.00268 e. The third-order valence-corrected chi connectivity index (χ3v) is 10.8. The van der Waals surface area contributed by atoms with Gasteiger partial charge in [-0.2, -0.15) is 0 Å². The molecule has 0 heteroatoms. The first-order valence-electron chi connectivity index (χ1n) is 18.7. The van der Waals surface area contributed by atoms with Gasteiger partial charge in [0.1, 0.15) is 0 Å². The Morgan fingerprint density at radius 3 is 0.796 bits per heavy atom. The maximum absolute atomic E-state index is 2.31. The second-order valence-electron chi connectivity index (χ2n) is 14.0. The van der Waals surface area contributed by atoms with Gasteiger partial charge >= 0.3 is 0 Å². The topological polar surface area (TPSA) is 0 Å². The molecule has 10 aromatic carbocycles. The summed E-state index contributed by atoms with van der Waals surface area (Å²) >= 11 is 0. The van der Waals surface area contributed by atoms with E-state index in [2.05, 4.69) is 218 Å². The summed E-state index contributed by atoms with van der Waals surface area (Å²) in [4.78, 5) is 0. The van der Waals surface area contributed by atoms with Crippen molar-refractivity contribution < 1.29 is 0 Å². The van der Waals surface area contributed by atoms with Crippen LogP contribution in [-0.4, -0.2) is 0 Å². The molecule has 0 spiro atoms. The molecule has 0 aromatic heterocycles. The Morgan fingerprint density at radius 2 is 0.481 bits per heavy atom. The Hall–Kier alpha value is -7.02. The van der Waals surface area contributed by atoms with Gasteiger partial charge in [0.05, 0.1) is 0 Å². The summed E-state index contributed by atoms with van der Waals surface area (Å²) in [7, 11) is 0. The van der Waals surface area contributed by atoms with E-state index in [1.807, 2.05) is 0 Å². The number of hydrogen-bond donors (Lipinski definition) is 0. The van der Waals surface area contributed by atoms with Gasteiger partial charge in [0, 0.05) is 0 Å². The van der Waals surface area contributed by atoms with Crippen LogP contribution < -0.4 is 0 Å². The van der Waals surface area contributed by atoms with Crippen molar-refractivity contribution in [2.24, 2.45) is 0 Å². The highest BCUT2D eigenvalue weighted by atomic mass is 14.2. The van der Waals surface area contributed by atoms with Crippen LogP contribution in [0.3, 0.4) is 0 Å². The number of rotatable bonds is 6. The van der Waals surface area contributed by atoms with Crippen LogP contribution in [-0.2, 0) is 0 Å². The molecule has 0 fully saturated rings. The first-order chi connectivity index (χ1) is 26.8. The lowest BCUT2D eigenvalue weighted by molar-refractivity contribution is 1.50. The molecule has 0 nitrogen and oxygen atoms in total. The molecule has 0 atom stereocenters.